The summed E-state index contributed by atoms with van der Waals surface area (Å²) < 4.78 is 10.7. The molecule has 1 atom stereocenters. The highest BCUT2D eigenvalue weighted by atomic mass is 32.2. The highest BCUT2D eigenvalue weighted by Crippen LogP contribution is 2.31. The summed E-state index contributed by atoms with van der Waals surface area (Å²) in [5.41, 5.74) is 3.66. The summed E-state index contributed by atoms with van der Waals surface area (Å²) in [7, 11) is 3.32. The van der Waals surface area contributed by atoms with Crippen LogP contribution in [0.4, 0.5) is 5.82 Å². The number of aliphatic imine (C=N–C) groups is 1. The van der Waals surface area contributed by atoms with Gasteiger partial charge in [0.15, 0.2) is 11.3 Å². The third-order valence-electron chi connectivity index (χ3n) is 5.16. The number of fused-ring (bicyclic) bond motifs is 1. The molecule has 160 valence electrons. The van der Waals surface area contributed by atoms with Crippen LogP contribution in [0.3, 0.4) is 0 Å². The van der Waals surface area contributed by atoms with Crippen LogP contribution in [-0.2, 0) is 0 Å². The number of aromatic nitrogens is 3. The fourth-order valence-corrected chi connectivity index (χ4v) is 4.43. The van der Waals surface area contributed by atoms with Gasteiger partial charge in [-0.15, -0.1) is 11.8 Å². The first-order valence-corrected chi connectivity index (χ1v) is 11.1. The molecule has 2 aromatic carbocycles. The van der Waals surface area contributed by atoms with Crippen LogP contribution in [0.25, 0.3) is 22.3 Å². The van der Waals surface area contributed by atoms with Crippen molar-refractivity contribution in [2.45, 2.75) is 5.50 Å². The molecule has 0 spiro atoms. The number of hydrogen-bond acceptors (Lipinski definition) is 8. The van der Waals surface area contributed by atoms with E-state index in [1.165, 1.54) is 0 Å². The van der Waals surface area contributed by atoms with Crippen molar-refractivity contribution in [3.8, 4) is 22.9 Å². The number of ether oxygens (including phenoxy) is 2. The molecule has 0 aliphatic carbocycles. The Kier molecular flexibility index (Phi) is 5.60. The van der Waals surface area contributed by atoms with E-state index in [1.807, 2.05) is 54.6 Å². The van der Waals surface area contributed by atoms with E-state index in [2.05, 4.69) is 10.3 Å². The van der Waals surface area contributed by atoms with Gasteiger partial charge in [0.05, 0.1) is 25.4 Å². The van der Waals surface area contributed by atoms with Gasteiger partial charge in [-0.3, -0.25) is 9.98 Å². The molecule has 5 rings (SSSR count). The first-order valence-electron chi connectivity index (χ1n) is 10.1. The fourth-order valence-electron chi connectivity index (χ4n) is 3.47. The first kappa shape index (κ1) is 20.3. The highest BCUT2D eigenvalue weighted by molar-refractivity contribution is 8.01. The van der Waals surface area contributed by atoms with E-state index < -0.39 is 0 Å². The normalized spacial score (nSPS) is 15.4. The lowest BCUT2D eigenvalue weighted by Crippen LogP contribution is -2.12. The molecular weight excluding hydrogens is 422 g/mol. The summed E-state index contributed by atoms with van der Waals surface area (Å²) in [6.45, 7) is 0. The van der Waals surface area contributed by atoms with Crippen molar-refractivity contribution in [3.63, 3.8) is 0 Å². The van der Waals surface area contributed by atoms with Crippen molar-refractivity contribution in [2.75, 3.05) is 25.3 Å². The summed E-state index contributed by atoms with van der Waals surface area (Å²) in [6.07, 6.45) is 3.50. The Labute approximate surface area is 190 Å². The zero-order valence-electron chi connectivity index (χ0n) is 17.6. The molecule has 1 N–H and O–H groups in total. The molecule has 0 fully saturated rings. The van der Waals surface area contributed by atoms with Crippen LogP contribution >= 0.6 is 11.8 Å². The number of benzene rings is 2. The maximum atomic E-state index is 5.42. The van der Waals surface area contributed by atoms with Crippen LogP contribution in [0.15, 0.2) is 72.0 Å². The second kappa shape index (κ2) is 8.84. The molecule has 4 aromatic rings. The second-order valence-corrected chi connectivity index (χ2v) is 8.20. The fraction of sp³-hybridized carbons (Fsp3) is 0.167. The van der Waals surface area contributed by atoms with E-state index in [9.17, 15) is 0 Å². The van der Waals surface area contributed by atoms with E-state index in [0.717, 1.165) is 45.0 Å². The van der Waals surface area contributed by atoms with Crippen LogP contribution < -0.4 is 14.8 Å². The summed E-state index contributed by atoms with van der Waals surface area (Å²) in [4.78, 5) is 18.6. The average Bonchev–Trinajstić information content (AvgIpc) is 3.32. The van der Waals surface area contributed by atoms with Gasteiger partial charge in [0.1, 0.15) is 17.3 Å². The second-order valence-electron chi connectivity index (χ2n) is 7.13. The maximum Gasteiger partial charge on any atom is 0.168 e. The average molecular weight is 444 g/mol. The van der Waals surface area contributed by atoms with Gasteiger partial charge < -0.3 is 14.8 Å². The minimum atomic E-state index is -0.154. The number of methoxy groups -OCH3 is 2. The molecule has 0 radical (unpaired) electrons. The number of nitrogens with one attached hydrogen (secondary N) is 1. The van der Waals surface area contributed by atoms with Crippen molar-refractivity contribution in [3.05, 3.63) is 72.6 Å². The summed E-state index contributed by atoms with van der Waals surface area (Å²) >= 11 is 1.72. The van der Waals surface area contributed by atoms with E-state index >= 15 is 0 Å². The number of thioether (sulfide) groups is 1. The smallest absolute Gasteiger partial charge is 0.168 e. The zero-order chi connectivity index (χ0) is 21.9. The van der Waals surface area contributed by atoms with Crippen LogP contribution in [0.1, 0.15) is 5.56 Å². The summed E-state index contributed by atoms with van der Waals surface area (Å²) in [5, 5.41) is 4.37. The lowest BCUT2D eigenvalue weighted by molar-refractivity contribution is 0.415. The molecule has 0 saturated heterocycles. The van der Waals surface area contributed by atoms with E-state index in [0.29, 0.717) is 11.6 Å². The largest absolute Gasteiger partial charge is 0.497 e. The van der Waals surface area contributed by atoms with Gasteiger partial charge in [-0.1, -0.05) is 0 Å². The lowest BCUT2D eigenvalue weighted by Gasteiger charge is -2.14. The Morgan fingerprint density at radius 1 is 0.938 bits per heavy atom. The number of anilines is 1. The standard InChI is InChI=1S/C24H21N5O2S/c1-30-17-7-5-15(6-8-17)21-14-32-24(27-21)29-23-19-12-18(31-2)9-10-20(19)26-22(28-23)16-4-3-11-25-13-16/h3-13,24H,14H2,1-2H3,(H,26,28,29). The van der Waals surface area contributed by atoms with Crippen molar-refractivity contribution < 1.29 is 9.47 Å². The topological polar surface area (TPSA) is 81.5 Å². The molecule has 3 heterocycles. The zero-order valence-corrected chi connectivity index (χ0v) is 18.5. The Bertz CT molecular complexity index is 1280. The van der Waals surface area contributed by atoms with Crippen molar-refractivity contribution in [1.29, 1.82) is 0 Å². The molecule has 0 bridgehead atoms. The molecule has 32 heavy (non-hydrogen) atoms. The number of rotatable bonds is 6. The molecule has 1 aliphatic heterocycles. The third-order valence-corrected chi connectivity index (χ3v) is 6.14. The van der Waals surface area contributed by atoms with Gasteiger partial charge in [0.25, 0.3) is 0 Å². The summed E-state index contributed by atoms with van der Waals surface area (Å²) in [5.74, 6) is 3.72. The van der Waals surface area contributed by atoms with Crippen molar-refractivity contribution >= 4 is 34.2 Å². The minimum absolute atomic E-state index is 0.154. The number of hydrogen-bond donors (Lipinski definition) is 1. The number of nitrogens with zero attached hydrogens (tertiary/aromatic N) is 4. The molecule has 0 saturated carbocycles. The van der Waals surface area contributed by atoms with Crippen LogP contribution in [0.2, 0.25) is 0 Å². The Balaban J connectivity index is 1.50. The van der Waals surface area contributed by atoms with Gasteiger partial charge in [-0.25, -0.2) is 9.97 Å². The molecule has 8 heteroatoms. The van der Waals surface area contributed by atoms with Crippen LogP contribution in [0.5, 0.6) is 11.5 Å². The summed E-state index contributed by atoms with van der Waals surface area (Å²) in [6, 6.07) is 17.6. The molecule has 2 aromatic heterocycles. The predicted molar refractivity (Wildman–Crippen MR) is 129 cm³/mol. The SMILES string of the molecule is COc1ccc(C2=NC(Nc3nc(-c4cccnc4)nc4ccc(OC)cc34)SC2)cc1. The van der Waals surface area contributed by atoms with Crippen molar-refractivity contribution in [2.24, 2.45) is 4.99 Å². The molecule has 1 aliphatic rings. The highest BCUT2D eigenvalue weighted by Gasteiger charge is 2.21. The van der Waals surface area contributed by atoms with Gasteiger partial charge in [0, 0.05) is 29.1 Å². The molecule has 7 nitrogen and oxygen atoms in total. The monoisotopic (exact) mass is 443 g/mol. The quantitative estimate of drug-likeness (QED) is 0.465. The van der Waals surface area contributed by atoms with Crippen LogP contribution in [0, 0.1) is 0 Å². The first-order chi connectivity index (χ1) is 15.7. The molecular formula is C24H21N5O2S. The lowest BCUT2D eigenvalue weighted by atomic mass is 10.1. The van der Waals surface area contributed by atoms with E-state index in [1.54, 1.807) is 38.4 Å². The molecule has 0 amide bonds. The minimum Gasteiger partial charge on any atom is -0.497 e. The number of pyridine rings is 1. The Morgan fingerprint density at radius 3 is 2.50 bits per heavy atom. The Morgan fingerprint density at radius 2 is 1.75 bits per heavy atom. The Hall–Kier alpha value is -3.65. The van der Waals surface area contributed by atoms with Crippen molar-refractivity contribution in [1.82, 2.24) is 15.0 Å². The molecule has 1 unspecified atom stereocenters. The maximum absolute atomic E-state index is 5.42. The van der Waals surface area contributed by atoms with E-state index in [-0.39, 0.29) is 5.50 Å². The van der Waals surface area contributed by atoms with Crippen LogP contribution in [-0.4, -0.2) is 46.1 Å². The van der Waals surface area contributed by atoms with Gasteiger partial charge in [0.2, 0.25) is 0 Å². The van der Waals surface area contributed by atoms with E-state index in [4.69, 9.17) is 24.4 Å². The predicted octanol–water partition coefficient (Wildman–Crippen LogP) is 4.64. The van der Waals surface area contributed by atoms with Gasteiger partial charge in [-0.05, 0) is 60.2 Å². The van der Waals surface area contributed by atoms with Gasteiger partial charge >= 0.3 is 0 Å². The third kappa shape index (κ3) is 4.09. The van der Waals surface area contributed by atoms with Gasteiger partial charge in [-0.2, -0.15) is 0 Å².